The molecule has 96 valence electrons. The number of nitrogens with two attached hydrogens (primary N) is 1. The maximum atomic E-state index is 13.9. The van der Waals surface area contributed by atoms with Gasteiger partial charge >= 0.3 is 0 Å². The van der Waals surface area contributed by atoms with Gasteiger partial charge in [-0.05, 0) is 18.2 Å². The summed E-state index contributed by atoms with van der Waals surface area (Å²) in [5.41, 5.74) is 8.09. The van der Waals surface area contributed by atoms with Crippen molar-refractivity contribution >= 4 is 21.4 Å². The van der Waals surface area contributed by atoms with Crippen LogP contribution in [0.2, 0.25) is 0 Å². The molecule has 0 bridgehead atoms. The predicted molar refractivity (Wildman–Crippen MR) is 73.1 cm³/mol. The number of aromatic nitrogens is 3. The molecule has 0 aliphatic carbocycles. The van der Waals surface area contributed by atoms with E-state index in [0.717, 1.165) is 15.6 Å². The Hall–Kier alpha value is -1.79. The van der Waals surface area contributed by atoms with Gasteiger partial charge in [0.2, 0.25) is 0 Å². The summed E-state index contributed by atoms with van der Waals surface area (Å²) in [4.78, 5) is 4.04. The average molecular weight is 321 g/mol. The second-order valence-corrected chi connectivity index (χ2v) is 5.07. The van der Waals surface area contributed by atoms with E-state index < -0.39 is 6.04 Å². The predicted octanol–water partition coefficient (Wildman–Crippen LogP) is 2.68. The van der Waals surface area contributed by atoms with Gasteiger partial charge in [-0.15, -0.1) is 0 Å². The number of fused-ring (bicyclic) bond motifs is 1. The molecule has 0 aliphatic rings. The number of benzene rings is 1. The highest BCUT2D eigenvalue weighted by molar-refractivity contribution is 9.10. The number of rotatable bonds is 2. The molecule has 0 amide bonds. The van der Waals surface area contributed by atoms with Gasteiger partial charge in [0.25, 0.3) is 0 Å². The molecule has 0 aliphatic heterocycles. The topological polar surface area (TPSA) is 56.2 Å². The largest absolute Gasteiger partial charge is 0.320 e. The van der Waals surface area contributed by atoms with Crippen LogP contribution in [0.25, 0.3) is 5.52 Å². The molecule has 2 aromatic heterocycles. The van der Waals surface area contributed by atoms with E-state index in [2.05, 4.69) is 26.0 Å². The quantitative estimate of drug-likeness (QED) is 0.789. The molecule has 0 spiro atoms. The van der Waals surface area contributed by atoms with Crippen LogP contribution in [-0.4, -0.2) is 14.6 Å². The van der Waals surface area contributed by atoms with Crippen LogP contribution in [0.15, 0.2) is 47.5 Å². The fourth-order valence-corrected chi connectivity index (χ4v) is 2.39. The van der Waals surface area contributed by atoms with Gasteiger partial charge in [-0.25, -0.2) is 8.91 Å². The van der Waals surface area contributed by atoms with Crippen LogP contribution in [0.4, 0.5) is 4.39 Å². The first-order valence-corrected chi connectivity index (χ1v) is 6.44. The van der Waals surface area contributed by atoms with Crippen molar-refractivity contribution < 1.29 is 4.39 Å². The van der Waals surface area contributed by atoms with Gasteiger partial charge in [-0.3, -0.25) is 4.98 Å². The van der Waals surface area contributed by atoms with Gasteiger partial charge in [0.15, 0.2) is 0 Å². The molecule has 1 aromatic carbocycles. The maximum absolute atomic E-state index is 13.9. The van der Waals surface area contributed by atoms with E-state index in [-0.39, 0.29) is 5.82 Å². The second kappa shape index (κ2) is 4.71. The highest BCUT2D eigenvalue weighted by Crippen LogP contribution is 2.27. The number of hydrogen-bond acceptors (Lipinski definition) is 3. The lowest BCUT2D eigenvalue weighted by atomic mass is 10.0. The van der Waals surface area contributed by atoms with Gasteiger partial charge in [-0.2, -0.15) is 5.10 Å². The zero-order chi connectivity index (χ0) is 13.4. The van der Waals surface area contributed by atoms with Crippen molar-refractivity contribution in [3.8, 4) is 0 Å². The molecule has 4 nitrogen and oxygen atoms in total. The van der Waals surface area contributed by atoms with Crippen molar-refractivity contribution in [1.29, 1.82) is 0 Å². The maximum Gasteiger partial charge on any atom is 0.128 e. The molecule has 6 heteroatoms. The second-order valence-electron chi connectivity index (χ2n) is 4.15. The Balaban J connectivity index is 2.13. The Morgan fingerprint density at radius 2 is 2.11 bits per heavy atom. The Bertz CT molecular complexity index is 740. The standard InChI is InChI=1S/C13H10BrFN4/c14-8-1-2-11(15)9(5-8)13(16)10-6-18-19-4-3-17-7-12(10)19/h1-7,13H,16H2. The molecule has 3 rings (SSSR count). The molecule has 2 N–H and O–H groups in total. The van der Waals surface area contributed by atoms with Crippen molar-refractivity contribution in [3.05, 3.63) is 64.4 Å². The molecule has 19 heavy (non-hydrogen) atoms. The van der Waals surface area contributed by atoms with Crippen LogP contribution in [0.3, 0.4) is 0 Å². The summed E-state index contributed by atoms with van der Waals surface area (Å²) < 4.78 is 16.3. The third kappa shape index (κ3) is 2.13. The lowest BCUT2D eigenvalue weighted by Crippen LogP contribution is -2.13. The van der Waals surface area contributed by atoms with Crippen molar-refractivity contribution in [2.75, 3.05) is 0 Å². The summed E-state index contributed by atoms with van der Waals surface area (Å²) in [7, 11) is 0. The monoisotopic (exact) mass is 320 g/mol. The Morgan fingerprint density at radius 1 is 1.26 bits per heavy atom. The minimum atomic E-state index is -0.584. The van der Waals surface area contributed by atoms with E-state index in [1.807, 2.05) is 0 Å². The molecule has 1 unspecified atom stereocenters. The first-order chi connectivity index (χ1) is 9.16. The third-order valence-corrected chi connectivity index (χ3v) is 3.48. The van der Waals surface area contributed by atoms with Crippen LogP contribution < -0.4 is 5.73 Å². The van der Waals surface area contributed by atoms with Gasteiger partial charge in [0.05, 0.1) is 24.0 Å². The smallest absolute Gasteiger partial charge is 0.128 e. The summed E-state index contributed by atoms with van der Waals surface area (Å²) in [6.07, 6.45) is 6.66. The lowest BCUT2D eigenvalue weighted by molar-refractivity contribution is 0.600. The van der Waals surface area contributed by atoms with Crippen molar-refractivity contribution in [3.63, 3.8) is 0 Å². The molecular weight excluding hydrogens is 311 g/mol. The Labute approximate surface area is 117 Å². The molecule has 1 atom stereocenters. The van der Waals surface area contributed by atoms with Crippen LogP contribution in [0.1, 0.15) is 17.2 Å². The molecule has 2 heterocycles. The Kier molecular flexibility index (Phi) is 3.04. The van der Waals surface area contributed by atoms with Crippen molar-refractivity contribution in [1.82, 2.24) is 14.6 Å². The lowest BCUT2D eigenvalue weighted by Gasteiger charge is -2.12. The van der Waals surface area contributed by atoms with E-state index in [0.29, 0.717) is 5.56 Å². The first kappa shape index (κ1) is 12.3. The molecular formula is C13H10BrFN4. The molecule has 0 fully saturated rings. The third-order valence-electron chi connectivity index (χ3n) is 2.98. The van der Waals surface area contributed by atoms with E-state index in [4.69, 9.17) is 5.73 Å². The van der Waals surface area contributed by atoms with Gasteiger partial charge in [-0.1, -0.05) is 15.9 Å². The molecule has 3 aromatic rings. The SMILES string of the molecule is NC(c1cc(Br)ccc1F)c1cnn2ccncc12. The van der Waals surface area contributed by atoms with Crippen molar-refractivity contribution in [2.24, 2.45) is 5.73 Å². The fraction of sp³-hybridized carbons (Fsp3) is 0.0769. The summed E-state index contributed by atoms with van der Waals surface area (Å²) in [6.45, 7) is 0. The first-order valence-electron chi connectivity index (χ1n) is 5.64. The molecule has 0 saturated heterocycles. The normalized spacial score (nSPS) is 12.8. The highest BCUT2D eigenvalue weighted by atomic mass is 79.9. The minimum Gasteiger partial charge on any atom is -0.320 e. The Morgan fingerprint density at radius 3 is 2.95 bits per heavy atom. The van der Waals surface area contributed by atoms with Crippen LogP contribution in [-0.2, 0) is 0 Å². The summed E-state index contributed by atoms with van der Waals surface area (Å²) in [6, 6.07) is 4.13. The van der Waals surface area contributed by atoms with Crippen LogP contribution in [0.5, 0.6) is 0 Å². The van der Waals surface area contributed by atoms with Gasteiger partial charge in [0, 0.05) is 28.0 Å². The zero-order valence-electron chi connectivity index (χ0n) is 9.79. The van der Waals surface area contributed by atoms with Crippen LogP contribution >= 0.6 is 15.9 Å². The van der Waals surface area contributed by atoms with Gasteiger partial charge in [0.1, 0.15) is 5.82 Å². The average Bonchev–Trinajstić information content (AvgIpc) is 2.84. The number of nitrogens with zero attached hydrogens (tertiary/aromatic N) is 3. The van der Waals surface area contributed by atoms with E-state index in [1.54, 1.807) is 41.4 Å². The summed E-state index contributed by atoms with van der Waals surface area (Å²) in [5.74, 6) is -0.334. The number of halogens is 2. The fourth-order valence-electron chi connectivity index (χ4n) is 2.01. The minimum absolute atomic E-state index is 0.334. The zero-order valence-corrected chi connectivity index (χ0v) is 11.4. The highest BCUT2D eigenvalue weighted by Gasteiger charge is 2.18. The van der Waals surface area contributed by atoms with E-state index in [1.165, 1.54) is 6.07 Å². The molecule has 0 radical (unpaired) electrons. The van der Waals surface area contributed by atoms with Gasteiger partial charge < -0.3 is 5.73 Å². The summed E-state index contributed by atoms with van der Waals surface area (Å²) in [5, 5.41) is 4.18. The number of hydrogen-bond donors (Lipinski definition) is 1. The summed E-state index contributed by atoms with van der Waals surface area (Å²) >= 11 is 3.32. The van der Waals surface area contributed by atoms with Crippen LogP contribution in [0, 0.1) is 5.82 Å². The molecule has 0 saturated carbocycles. The van der Waals surface area contributed by atoms with Crippen molar-refractivity contribution in [2.45, 2.75) is 6.04 Å². The van der Waals surface area contributed by atoms with E-state index >= 15 is 0 Å². The van der Waals surface area contributed by atoms with E-state index in [9.17, 15) is 4.39 Å².